The molecule has 0 amide bonds. The third kappa shape index (κ3) is 4.05. The van der Waals surface area contributed by atoms with E-state index in [1.807, 2.05) is 24.4 Å². The van der Waals surface area contributed by atoms with Gasteiger partial charge < -0.3 is 4.90 Å². The number of likely N-dealkylation sites (N-methyl/N-ethyl adjacent to an activating group) is 1. The zero-order chi connectivity index (χ0) is 18.8. The van der Waals surface area contributed by atoms with E-state index in [-0.39, 0.29) is 0 Å². The van der Waals surface area contributed by atoms with Crippen molar-refractivity contribution in [3.8, 4) is 11.3 Å². The van der Waals surface area contributed by atoms with Gasteiger partial charge in [0, 0.05) is 42.8 Å². The Kier molecular flexibility index (Phi) is 5.53. The molecule has 0 N–H and O–H groups in total. The molecule has 4 rings (SSSR count). The zero-order valence-electron chi connectivity index (χ0n) is 16.0. The summed E-state index contributed by atoms with van der Waals surface area (Å²) < 4.78 is 0.980. The SMILES string of the molecule is CCN1CCN(Cc2ccc(-c3cnc4cccc(Br)c4n3)cc2C)CC1. The van der Waals surface area contributed by atoms with Gasteiger partial charge in [-0.3, -0.25) is 9.88 Å². The van der Waals surface area contributed by atoms with Gasteiger partial charge in [-0.2, -0.15) is 0 Å². The Morgan fingerprint density at radius 2 is 1.81 bits per heavy atom. The van der Waals surface area contributed by atoms with Crippen LogP contribution in [-0.4, -0.2) is 52.5 Å². The minimum absolute atomic E-state index is 0.908. The van der Waals surface area contributed by atoms with Crippen molar-refractivity contribution in [1.82, 2.24) is 19.8 Å². The topological polar surface area (TPSA) is 32.3 Å². The molecule has 0 spiro atoms. The van der Waals surface area contributed by atoms with Crippen molar-refractivity contribution in [2.75, 3.05) is 32.7 Å². The molecule has 1 aliphatic rings. The summed E-state index contributed by atoms with van der Waals surface area (Å²) in [5.41, 5.74) is 6.58. The molecular weight excluding hydrogens is 400 g/mol. The number of fused-ring (bicyclic) bond motifs is 1. The highest BCUT2D eigenvalue weighted by Gasteiger charge is 2.16. The highest BCUT2D eigenvalue weighted by molar-refractivity contribution is 9.10. The van der Waals surface area contributed by atoms with Crippen LogP contribution in [0.3, 0.4) is 0 Å². The fraction of sp³-hybridized carbons (Fsp3) is 0.364. The van der Waals surface area contributed by atoms with E-state index >= 15 is 0 Å². The van der Waals surface area contributed by atoms with Crippen LogP contribution < -0.4 is 0 Å². The molecule has 0 unspecified atom stereocenters. The number of hydrogen-bond donors (Lipinski definition) is 0. The molecule has 0 bridgehead atoms. The number of hydrogen-bond acceptors (Lipinski definition) is 4. The molecule has 4 nitrogen and oxygen atoms in total. The summed E-state index contributed by atoms with van der Waals surface area (Å²) >= 11 is 3.58. The van der Waals surface area contributed by atoms with E-state index in [0.717, 1.165) is 52.9 Å². The average Bonchev–Trinajstić information content (AvgIpc) is 2.70. The molecule has 0 saturated carbocycles. The molecule has 0 atom stereocenters. The second-order valence-corrected chi connectivity index (χ2v) is 8.07. The van der Waals surface area contributed by atoms with Crippen LogP contribution in [0.2, 0.25) is 0 Å². The Bertz CT molecular complexity index is 948. The lowest BCUT2D eigenvalue weighted by atomic mass is 10.0. The minimum atomic E-state index is 0.908. The van der Waals surface area contributed by atoms with Crippen LogP contribution in [-0.2, 0) is 6.54 Å². The summed E-state index contributed by atoms with van der Waals surface area (Å²) in [6.45, 7) is 11.3. The normalized spacial score (nSPS) is 16.1. The highest BCUT2D eigenvalue weighted by Crippen LogP contribution is 2.26. The van der Waals surface area contributed by atoms with Crippen molar-refractivity contribution in [1.29, 1.82) is 0 Å². The maximum absolute atomic E-state index is 4.82. The summed E-state index contributed by atoms with van der Waals surface area (Å²) in [5, 5.41) is 0. The quantitative estimate of drug-likeness (QED) is 0.616. The largest absolute Gasteiger partial charge is 0.301 e. The van der Waals surface area contributed by atoms with Crippen molar-refractivity contribution in [2.45, 2.75) is 20.4 Å². The van der Waals surface area contributed by atoms with Gasteiger partial charge in [0.1, 0.15) is 5.52 Å². The molecule has 1 aromatic heterocycles. The van der Waals surface area contributed by atoms with E-state index < -0.39 is 0 Å². The predicted molar refractivity (Wildman–Crippen MR) is 115 cm³/mol. The fourth-order valence-electron chi connectivity index (χ4n) is 3.68. The Labute approximate surface area is 169 Å². The maximum Gasteiger partial charge on any atom is 0.104 e. The molecule has 5 heteroatoms. The van der Waals surface area contributed by atoms with Gasteiger partial charge in [-0.1, -0.05) is 25.1 Å². The summed E-state index contributed by atoms with van der Waals surface area (Å²) in [6, 6.07) is 12.7. The third-order valence-corrected chi connectivity index (χ3v) is 6.11. The first-order chi connectivity index (χ1) is 13.1. The van der Waals surface area contributed by atoms with Gasteiger partial charge in [0.15, 0.2) is 0 Å². The molecule has 0 aliphatic carbocycles. The number of aromatic nitrogens is 2. The molecular formula is C22H25BrN4. The number of para-hydroxylation sites is 1. The fourth-order valence-corrected chi connectivity index (χ4v) is 4.12. The van der Waals surface area contributed by atoms with Gasteiger partial charge in [0.25, 0.3) is 0 Å². The molecule has 2 heterocycles. The summed E-state index contributed by atoms with van der Waals surface area (Å²) in [7, 11) is 0. The van der Waals surface area contributed by atoms with Crippen LogP contribution in [0.1, 0.15) is 18.1 Å². The number of aryl methyl sites for hydroxylation is 1. The van der Waals surface area contributed by atoms with Gasteiger partial charge in [-0.05, 0) is 58.7 Å². The predicted octanol–water partition coefficient (Wildman–Crippen LogP) is 4.51. The molecule has 2 aromatic carbocycles. The van der Waals surface area contributed by atoms with Crippen molar-refractivity contribution < 1.29 is 0 Å². The lowest BCUT2D eigenvalue weighted by molar-refractivity contribution is 0.132. The van der Waals surface area contributed by atoms with Gasteiger partial charge >= 0.3 is 0 Å². The van der Waals surface area contributed by atoms with Crippen LogP contribution >= 0.6 is 15.9 Å². The molecule has 140 valence electrons. The number of piperazine rings is 1. The van der Waals surface area contributed by atoms with Gasteiger partial charge in [-0.15, -0.1) is 0 Å². The van der Waals surface area contributed by atoms with E-state index in [2.05, 4.69) is 62.8 Å². The molecule has 1 saturated heterocycles. The van der Waals surface area contributed by atoms with Crippen LogP contribution in [0.25, 0.3) is 22.3 Å². The van der Waals surface area contributed by atoms with Crippen molar-refractivity contribution in [2.24, 2.45) is 0 Å². The van der Waals surface area contributed by atoms with Crippen LogP contribution in [0.5, 0.6) is 0 Å². The van der Waals surface area contributed by atoms with E-state index in [1.165, 1.54) is 24.2 Å². The summed E-state index contributed by atoms with van der Waals surface area (Å²) in [6.07, 6.45) is 1.87. The average molecular weight is 425 g/mol. The standard InChI is InChI=1S/C22H25BrN4/c1-3-26-9-11-27(12-10-26)15-18-8-7-17(13-16(18)2)21-14-24-20-6-4-5-19(23)22(20)25-21/h4-8,13-14H,3,9-12,15H2,1-2H3. The van der Waals surface area contributed by atoms with E-state index in [1.54, 1.807) is 0 Å². The first-order valence-electron chi connectivity index (χ1n) is 9.60. The first kappa shape index (κ1) is 18.5. The van der Waals surface area contributed by atoms with Gasteiger partial charge in [0.05, 0.1) is 17.4 Å². The van der Waals surface area contributed by atoms with Crippen LogP contribution in [0.4, 0.5) is 0 Å². The van der Waals surface area contributed by atoms with Gasteiger partial charge in [0.2, 0.25) is 0 Å². The van der Waals surface area contributed by atoms with E-state index in [9.17, 15) is 0 Å². The molecule has 3 aromatic rings. The molecule has 0 radical (unpaired) electrons. The Hall–Kier alpha value is -1.82. The number of rotatable bonds is 4. The van der Waals surface area contributed by atoms with Crippen molar-refractivity contribution >= 4 is 27.0 Å². The Morgan fingerprint density at radius 1 is 1.04 bits per heavy atom. The number of nitrogens with zero attached hydrogens (tertiary/aromatic N) is 4. The lowest BCUT2D eigenvalue weighted by Gasteiger charge is -2.34. The van der Waals surface area contributed by atoms with Crippen molar-refractivity contribution in [3.63, 3.8) is 0 Å². The maximum atomic E-state index is 4.82. The second-order valence-electron chi connectivity index (χ2n) is 7.21. The zero-order valence-corrected chi connectivity index (χ0v) is 17.5. The molecule has 1 aliphatic heterocycles. The van der Waals surface area contributed by atoms with E-state index in [4.69, 9.17) is 4.98 Å². The van der Waals surface area contributed by atoms with Crippen molar-refractivity contribution in [3.05, 3.63) is 58.2 Å². The summed E-state index contributed by atoms with van der Waals surface area (Å²) in [5.74, 6) is 0. The van der Waals surface area contributed by atoms with Crippen LogP contribution in [0, 0.1) is 6.92 Å². The highest BCUT2D eigenvalue weighted by atomic mass is 79.9. The Balaban J connectivity index is 1.54. The third-order valence-electron chi connectivity index (χ3n) is 5.47. The lowest BCUT2D eigenvalue weighted by Crippen LogP contribution is -2.45. The monoisotopic (exact) mass is 424 g/mol. The number of benzene rings is 2. The van der Waals surface area contributed by atoms with E-state index in [0.29, 0.717) is 0 Å². The second kappa shape index (κ2) is 8.05. The first-order valence-corrected chi connectivity index (χ1v) is 10.4. The number of halogens is 1. The van der Waals surface area contributed by atoms with Gasteiger partial charge in [-0.25, -0.2) is 4.98 Å². The molecule has 27 heavy (non-hydrogen) atoms. The smallest absolute Gasteiger partial charge is 0.104 e. The van der Waals surface area contributed by atoms with Crippen LogP contribution in [0.15, 0.2) is 47.1 Å². The minimum Gasteiger partial charge on any atom is -0.301 e. The summed E-state index contributed by atoms with van der Waals surface area (Å²) in [4.78, 5) is 14.5. The Morgan fingerprint density at radius 3 is 2.56 bits per heavy atom. The molecule has 1 fully saturated rings.